The molecule has 0 saturated carbocycles. The zero-order valence-corrected chi connectivity index (χ0v) is 15.6. The normalized spacial score (nSPS) is 19.2. The molecule has 3 heterocycles. The lowest BCUT2D eigenvalue weighted by molar-refractivity contribution is 0.233. The highest BCUT2D eigenvalue weighted by Crippen LogP contribution is 2.32. The van der Waals surface area contributed by atoms with E-state index in [1.54, 1.807) is 11.3 Å². The molecule has 4 aromatic rings. The van der Waals surface area contributed by atoms with Gasteiger partial charge in [0.2, 0.25) is 5.90 Å². The summed E-state index contributed by atoms with van der Waals surface area (Å²) in [6.45, 7) is 1.32. The van der Waals surface area contributed by atoms with Gasteiger partial charge < -0.3 is 9.30 Å². The largest absolute Gasteiger partial charge is 0.474 e. The van der Waals surface area contributed by atoms with Crippen LogP contribution in [0.25, 0.3) is 10.1 Å². The number of fused-ring (bicyclic) bond motifs is 1. The minimum Gasteiger partial charge on any atom is -0.474 e. The summed E-state index contributed by atoms with van der Waals surface area (Å²) in [5.74, 6) is 0.757. The lowest BCUT2D eigenvalue weighted by atomic mass is 9.92. The van der Waals surface area contributed by atoms with Gasteiger partial charge in [0.15, 0.2) is 0 Å². The summed E-state index contributed by atoms with van der Waals surface area (Å²) < 4.78 is 9.48. The molecule has 1 unspecified atom stereocenters. The molecule has 1 aliphatic heterocycles. The standard InChI is InChI=1S/C22H19N3OS/c1-2-6-17(7-3-1)13-22(14-25-11-10-23-16-25)15-26-21(24-22)20-12-18-8-4-5-9-19(18)27-20/h1-12,16H,13-15H2. The van der Waals surface area contributed by atoms with E-state index < -0.39 is 0 Å². The predicted octanol–water partition coefficient (Wildman–Crippen LogP) is 4.56. The van der Waals surface area contributed by atoms with Crippen molar-refractivity contribution in [3.8, 4) is 0 Å². The lowest BCUT2D eigenvalue weighted by Crippen LogP contribution is -2.36. The zero-order valence-electron chi connectivity index (χ0n) is 14.8. The van der Waals surface area contributed by atoms with E-state index >= 15 is 0 Å². The van der Waals surface area contributed by atoms with Gasteiger partial charge in [0.25, 0.3) is 0 Å². The first-order valence-electron chi connectivity index (χ1n) is 9.01. The van der Waals surface area contributed by atoms with Crippen LogP contribution in [0.5, 0.6) is 0 Å². The van der Waals surface area contributed by atoms with Crippen molar-refractivity contribution in [1.82, 2.24) is 9.55 Å². The molecule has 4 nitrogen and oxygen atoms in total. The monoisotopic (exact) mass is 373 g/mol. The fraction of sp³-hybridized carbons (Fsp3) is 0.182. The number of nitrogens with zero attached hydrogens (tertiary/aromatic N) is 3. The fourth-order valence-corrected chi connectivity index (χ4v) is 4.63. The van der Waals surface area contributed by atoms with Crippen molar-refractivity contribution in [3.05, 3.63) is 89.8 Å². The quantitative estimate of drug-likeness (QED) is 0.515. The van der Waals surface area contributed by atoms with Gasteiger partial charge in [-0.1, -0.05) is 48.5 Å². The maximum absolute atomic E-state index is 6.13. The summed E-state index contributed by atoms with van der Waals surface area (Å²) in [6, 6.07) is 21.1. The predicted molar refractivity (Wildman–Crippen MR) is 109 cm³/mol. The van der Waals surface area contributed by atoms with Gasteiger partial charge in [0.05, 0.1) is 17.7 Å². The molecular weight excluding hydrogens is 354 g/mol. The number of aliphatic imine (C=N–C) groups is 1. The van der Waals surface area contributed by atoms with Crippen molar-refractivity contribution in [2.24, 2.45) is 4.99 Å². The van der Waals surface area contributed by atoms with Crippen LogP contribution >= 0.6 is 11.3 Å². The van der Waals surface area contributed by atoms with Gasteiger partial charge >= 0.3 is 0 Å². The number of thiophene rings is 1. The first kappa shape index (κ1) is 16.3. The summed E-state index contributed by atoms with van der Waals surface area (Å²) in [6.07, 6.45) is 6.47. The Balaban J connectivity index is 1.52. The molecule has 5 rings (SSSR count). The number of hydrogen-bond donors (Lipinski definition) is 0. The molecule has 2 aromatic heterocycles. The van der Waals surface area contributed by atoms with Gasteiger partial charge in [0, 0.05) is 23.5 Å². The molecular formula is C22H19N3OS. The average Bonchev–Trinajstić information content (AvgIpc) is 3.42. The van der Waals surface area contributed by atoms with Crippen molar-refractivity contribution in [2.45, 2.75) is 18.5 Å². The van der Waals surface area contributed by atoms with E-state index in [9.17, 15) is 0 Å². The van der Waals surface area contributed by atoms with Gasteiger partial charge in [-0.3, -0.25) is 0 Å². The first-order chi connectivity index (χ1) is 13.3. The third kappa shape index (κ3) is 3.26. The van der Waals surface area contributed by atoms with Crippen LogP contribution in [0.2, 0.25) is 0 Å². The molecule has 0 aliphatic carbocycles. The van der Waals surface area contributed by atoms with Crippen LogP contribution < -0.4 is 0 Å². The molecule has 0 saturated heterocycles. The average molecular weight is 373 g/mol. The Kier molecular flexibility index (Phi) is 4.02. The molecule has 27 heavy (non-hydrogen) atoms. The van der Waals surface area contributed by atoms with Gasteiger partial charge in [0.1, 0.15) is 12.1 Å². The Hall–Kier alpha value is -2.92. The Labute approximate surface area is 161 Å². The van der Waals surface area contributed by atoms with E-state index in [-0.39, 0.29) is 5.54 Å². The summed E-state index contributed by atoms with van der Waals surface area (Å²) in [5.41, 5.74) is 0.940. The van der Waals surface area contributed by atoms with Crippen molar-refractivity contribution in [1.29, 1.82) is 0 Å². The van der Waals surface area contributed by atoms with E-state index in [0.717, 1.165) is 23.7 Å². The van der Waals surface area contributed by atoms with E-state index in [0.29, 0.717) is 6.61 Å². The Morgan fingerprint density at radius 2 is 1.93 bits per heavy atom. The number of ether oxygens (including phenoxy) is 1. The molecule has 5 heteroatoms. The van der Waals surface area contributed by atoms with E-state index in [1.165, 1.54) is 15.6 Å². The second-order valence-electron chi connectivity index (χ2n) is 6.98. The van der Waals surface area contributed by atoms with Gasteiger partial charge in [-0.15, -0.1) is 11.3 Å². The molecule has 1 aliphatic rings. The molecule has 2 aromatic carbocycles. The second kappa shape index (κ2) is 6.67. The van der Waals surface area contributed by atoms with E-state index in [1.807, 2.05) is 24.8 Å². The van der Waals surface area contributed by atoms with E-state index in [4.69, 9.17) is 9.73 Å². The molecule has 134 valence electrons. The highest BCUT2D eigenvalue weighted by Gasteiger charge is 2.38. The topological polar surface area (TPSA) is 39.4 Å². The fourth-order valence-electron chi connectivity index (χ4n) is 3.62. The number of benzene rings is 2. The SMILES string of the molecule is c1ccc(CC2(Cn3ccnc3)COC(c3cc4ccccc4s3)=N2)cc1. The summed E-state index contributed by atoms with van der Waals surface area (Å²) in [5, 5.41) is 1.24. The molecule has 0 N–H and O–H groups in total. The van der Waals surface area contributed by atoms with Crippen LogP contribution in [0, 0.1) is 0 Å². The summed E-state index contributed by atoms with van der Waals surface area (Å²) in [7, 11) is 0. The Bertz CT molecular complexity index is 1050. The van der Waals surface area contributed by atoms with Crippen LogP contribution in [0.1, 0.15) is 10.4 Å². The molecule has 0 radical (unpaired) electrons. The van der Waals surface area contributed by atoms with E-state index in [2.05, 4.69) is 64.1 Å². The summed E-state index contributed by atoms with van der Waals surface area (Å²) in [4.78, 5) is 10.4. The van der Waals surface area contributed by atoms with Crippen molar-refractivity contribution in [2.75, 3.05) is 6.61 Å². The minimum atomic E-state index is -0.326. The summed E-state index contributed by atoms with van der Waals surface area (Å²) >= 11 is 1.73. The van der Waals surface area contributed by atoms with Crippen molar-refractivity contribution < 1.29 is 4.74 Å². The Morgan fingerprint density at radius 1 is 1.07 bits per heavy atom. The molecule has 0 fully saturated rings. The molecule has 1 atom stereocenters. The van der Waals surface area contributed by atoms with Gasteiger partial charge in [-0.05, 0) is 23.1 Å². The highest BCUT2D eigenvalue weighted by molar-refractivity contribution is 7.20. The van der Waals surface area contributed by atoms with Crippen LogP contribution in [0.15, 0.2) is 84.4 Å². The molecule has 0 spiro atoms. The minimum absolute atomic E-state index is 0.326. The number of imidazole rings is 1. The number of rotatable bonds is 5. The van der Waals surface area contributed by atoms with Crippen LogP contribution in [-0.4, -0.2) is 27.6 Å². The van der Waals surface area contributed by atoms with Gasteiger partial charge in [-0.25, -0.2) is 9.98 Å². The van der Waals surface area contributed by atoms with Crippen molar-refractivity contribution >= 4 is 27.3 Å². The maximum atomic E-state index is 6.13. The number of aromatic nitrogens is 2. The van der Waals surface area contributed by atoms with Crippen LogP contribution in [0.3, 0.4) is 0 Å². The second-order valence-corrected chi connectivity index (χ2v) is 8.06. The van der Waals surface area contributed by atoms with Crippen molar-refractivity contribution in [3.63, 3.8) is 0 Å². The highest BCUT2D eigenvalue weighted by atomic mass is 32.1. The maximum Gasteiger partial charge on any atom is 0.227 e. The smallest absolute Gasteiger partial charge is 0.227 e. The Morgan fingerprint density at radius 3 is 2.74 bits per heavy atom. The lowest BCUT2D eigenvalue weighted by Gasteiger charge is -2.24. The first-order valence-corrected chi connectivity index (χ1v) is 9.83. The number of hydrogen-bond acceptors (Lipinski definition) is 4. The van der Waals surface area contributed by atoms with Gasteiger partial charge in [-0.2, -0.15) is 0 Å². The van der Waals surface area contributed by atoms with Crippen LogP contribution in [-0.2, 0) is 17.7 Å². The van der Waals surface area contributed by atoms with Crippen LogP contribution in [0.4, 0.5) is 0 Å². The zero-order chi connectivity index (χ0) is 18.1. The third-order valence-corrected chi connectivity index (χ3v) is 5.97. The third-order valence-electron chi connectivity index (χ3n) is 4.86. The molecule has 0 bridgehead atoms. The molecule has 0 amide bonds.